The summed E-state index contributed by atoms with van der Waals surface area (Å²) in [6, 6.07) is 5.45. The van der Waals surface area contributed by atoms with Gasteiger partial charge in [-0.15, -0.1) is 0 Å². The third kappa shape index (κ3) is 3.98. The van der Waals surface area contributed by atoms with Crippen molar-refractivity contribution in [1.82, 2.24) is 4.98 Å². The van der Waals surface area contributed by atoms with Crippen molar-refractivity contribution in [3.63, 3.8) is 0 Å². The fourth-order valence-corrected chi connectivity index (χ4v) is 3.61. The average molecular weight is 404 g/mol. The second-order valence-corrected chi connectivity index (χ2v) is 7.11. The van der Waals surface area contributed by atoms with Crippen molar-refractivity contribution in [3.05, 3.63) is 53.4 Å². The highest BCUT2D eigenvalue weighted by Crippen LogP contribution is 2.44. The molecule has 154 valence electrons. The van der Waals surface area contributed by atoms with E-state index in [-0.39, 0.29) is 29.2 Å². The topological polar surface area (TPSA) is 77.5 Å². The molecular weight excluding hydrogens is 382 g/mol. The third-order valence-corrected chi connectivity index (χ3v) is 5.28. The van der Waals surface area contributed by atoms with Crippen molar-refractivity contribution in [3.8, 4) is 5.75 Å². The van der Waals surface area contributed by atoms with Gasteiger partial charge in [-0.2, -0.15) is 4.39 Å². The van der Waals surface area contributed by atoms with E-state index in [1.54, 1.807) is 6.07 Å². The van der Waals surface area contributed by atoms with Gasteiger partial charge in [0.2, 0.25) is 5.82 Å². The number of nitrogens with one attached hydrogen (secondary N) is 1. The zero-order valence-electron chi connectivity index (χ0n) is 16.5. The van der Waals surface area contributed by atoms with Crippen molar-refractivity contribution in [2.45, 2.75) is 38.9 Å². The van der Waals surface area contributed by atoms with Crippen LogP contribution >= 0.6 is 0 Å². The molecule has 0 unspecified atom stereocenters. The number of Topliss-reactive ketones (excluding diaryl/α,β-unsaturated/α-hetero) is 1. The summed E-state index contributed by atoms with van der Waals surface area (Å²) in [7, 11) is 1.25. The van der Waals surface area contributed by atoms with Crippen molar-refractivity contribution < 1.29 is 27.8 Å². The van der Waals surface area contributed by atoms with Crippen molar-refractivity contribution in [1.29, 1.82) is 0 Å². The van der Waals surface area contributed by atoms with Gasteiger partial charge in [-0.1, -0.05) is 13.0 Å². The molecule has 1 fully saturated rings. The summed E-state index contributed by atoms with van der Waals surface area (Å²) in [5.41, 5.74) is 0.972. The summed E-state index contributed by atoms with van der Waals surface area (Å²) in [6.45, 7) is 5.07. The predicted molar refractivity (Wildman–Crippen MR) is 102 cm³/mol. The Morgan fingerprint density at radius 2 is 1.93 bits per heavy atom. The first-order valence-electron chi connectivity index (χ1n) is 9.19. The van der Waals surface area contributed by atoms with Crippen molar-refractivity contribution in [2.24, 2.45) is 5.92 Å². The number of pyridine rings is 1. The average Bonchev–Trinajstić information content (AvgIpc) is 2.99. The first-order valence-corrected chi connectivity index (χ1v) is 9.19. The Kier molecular flexibility index (Phi) is 5.93. The molecule has 2 aromatic rings. The smallest absolute Gasteiger partial charge is 0.254 e. The minimum atomic E-state index is -1.10. The predicted octanol–water partition coefficient (Wildman–Crippen LogP) is 3.72. The monoisotopic (exact) mass is 404 g/mol. The van der Waals surface area contributed by atoms with Crippen LogP contribution in [0, 0.1) is 17.6 Å². The number of aromatic nitrogens is 1. The third-order valence-electron chi connectivity index (χ3n) is 5.28. The summed E-state index contributed by atoms with van der Waals surface area (Å²) in [5.74, 6) is -3.77. The van der Waals surface area contributed by atoms with E-state index in [0.29, 0.717) is 11.3 Å². The normalized spacial score (nSPS) is 23.7. The Balaban J connectivity index is 1.94. The number of anilines is 1. The van der Waals surface area contributed by atoms with E-state index < -0.39 is 29.6 Å². The molecule has 8 heteroatoms. The Hall–Kier alpha value is -2.87. The van der Waals surface area contributed by atoms with Gasteiger partial charge in [0.15, 0.2) is 17.3 Å². The summed E-state index contributed by atoms with van der Waals surface area (Å²) in [6.07, 6.45) is 0.176. The number of rotatable bonds is 5. The molecule has 1 amide bonds. The van der Waals surface area contributed by atoms with Gasteiger partial charge in [0.25, 0.3) is 5.91 Å². The van der Waals surface area contributed by atoms with E-state index in [4.69, 9.17) is 9.47 Å². The maximum atomic E-state index is 14.3. The Bertz CT molecular complexity index is 950. The fraction of sp³-hybridized carbons (Fsp3) is 0.381. The van der Waals surface area contributed by atoms with Gasteiger partial charge in [0.05, 0.1) is 13.2 Å². The van der Waals surface area contributed by atoms with E-state index in [1.165, 1.54) is 32.4 Å². The molecule has 4 atom stereocenters. The van der Waals surface area contributed by atoms with Gasteiger partial charge in [-0.05, 0) is 31.0 Å². The van der Waals surface area contributed by atoms with E-state index in [1.807, 2.05) is 13.8 Å². The van der Waals surface area contributed by atoms with Crippen LogP contribution in [0.2, 0.25) is 0 Å². The lowest BCUT2D eigenvalue weighted by atomic mass is 9.82. The summed E-state index contributed by atoms with van der Waals surface area (Å²) in [4.78, 5) is 28.4. The van der Waals surface area contributed by atoms with Crippen LogP contribution in [0.25, 0.3) is 0 Å². The van der Waals surface area contributed by atoms with Gasteiger partial charge in [-0.25, -0.2) is 4.39 Å². The van der Waals surface area contributed by atoms with Gasteiger partial charge in [-0.3, -0.25) is 14.6 Å². The number of nitrogens with zero attached hydrogens (tertiary/aromatic N) is 1. The molecule has 0 saturated carbocycles. The molecule has 0 bridgehead atoms. The summed E-state index contributed by atoms with van der Waals surface area (Å²) >= 11 is 0. The SMILES string of the molecule is COc1c([C@H]2[C@@H](C)[C@@H](C)O[C@@H]2C(=O)Nc2ccnc(C(C)=O)c2)ccc(F)c1F. The second-order valence-electron chi connectivity index (χ2n) is 7.11. The number of hydrogen-bond donors (Lipinski definition) is 1. The largest absolute Gasteiger partial charge is 0.493 e. The van der Waals surface area contributed by atoms with Crippen LogP contribution in [0.1, 0.15) is 42.7 Å². The van der Waals surface area contributed by atoms with Gasteiger partial charge >= 0.3 is 0 Å². The van der Waals surface area contributed by atoms with E-state index in [0.717, 1.165) is 6.07 Å². The van der Waals surface area contributed by atoms with E-state index >= 15 is 0 Å². The summed E-state index contributed by atoms with van der Waals surface area (Å²) in [5, 5.41) is 2.72. The number of ether oxygens (including phenoxy) is 2. The first-order chi connectivity index (χ1) is 13.7. The number of hydrogen-bond acceptors (Lipinski definition) is 5. The zero-order valence-corrected chi connectivity index (χ0v) is 16.5. The lowest BCUT2D eigenvalue weighted by Gasteiger charge is -2.23. The second kappa shape index (κ2) is 8.24. The molecule has 1 saturated heterocycles. The van der Waals surface area contributed by atoms with Crippen molar-refractivity contribution >= 4 is 17.4 Å². The number of halogens is 2. The van der Waals surface area contributed by atoms with E-state index in [2.05, 4.69) is 10.3 Å². The number of carbonyl (C=O) groups is 2. The van der Waals surface area contributed by atoms with Crippen LogP contribution in [0.3, 0.4) is 0 Å². The minimum absolute atomic E-state index is 0.158. The Morgan fingerprint density at radius 1 is 1.21 bits per heavy atom. The molecule has 6 nitrogen and oxygen atoms in total. The number of benzene rings is 1. The molecule has 2 heterocycles. The number of carbonyl (C=O) groups excluding carboxylic acids is 2. The highest BCUT2D eigenvalue weighted by atomic mass is 19.2. The molecule has 1 aliphatic heterocycles. The zero-order chi connectivity index (χ0) is 21.3. The lowest BCUT2D eigenvalue weighted by Crippen LogP contribution is -2.33. The minimum Gasteiger partial charge on any atom is -0.493 e. The molecule has 0 spiro atoms. The Labute approximate surface area is 167 Å². The Morgan fingerprint density at radius 3 is 2.59 bits per heavy atom. The number of ketones is 1. The highest BCUT2D eigenvalue weighted by molar-refractivity contribution is 5.97. The molecule has 0 radical (unpaired) electrons. The molecule has 0 aliphatic carbocycles. The first kappa shape index (κ1) is 20.9. The maximum absolute atomic E-state index is 14.3. The molecule has 3 rings (SSSR count). The molecule has 1 N–H and O–H groups in total. The van der Waals surface area contributed by atoms with Gasteiger partial charge in [0.1, 0.15) is 11.8 Å². The van der Waals surface area contributed by atoms with Gasteiger partial charge < -0.3 is 14.8 Å². The standard InChI is InChI=1S/C21H22F2N2O4/c1-10-12(3)29-20(17(10)14-5-6-15(22)18(23)19(14)28-4)21(27)25-13-7-8-24-16(9-13)11(2)26/h5-10,12,17,20H,1-4H3,(H,24,25,27)/t10-,12+,17+,20-/m0/s1. The van der Waals surface area contributed by atoms with Crippen LogP contribution < -0.4 is 10.1 Å². The van der Waals surface area contributed by atoms with Crippen LogP contribution in [0.5, 0.6) is 5.75 Å². The lowest BCUT2D eigenvalue weighted by molar-refractivity contribution is -0.127. The molecular formula is C21H22F2N2O4. The maximum Gasteiger partial charge on any atom is 0.254 e. The molecule has 1 aliphatic rings. The van der Waals surface area contributed by atoms with Crippen LogP contribution in [-0.2, 0) is 9.53 Å². The molecule has 29 heavy (non-hydrogen) atoms. The van der Waals surface area contributed by atoms with Crippen LogP contribution in [0.4, 0.5) is 14.5 Å². The number of amides is 1. The molecule has 1 aromatic heterocycles. The quantitative estimate of drug-likeness (QED) is 0.769. The summed E-state index contributed by atoms with van der Waals surface area (Å²) < 4.78 is 38.9. The van der Waals surface area contributed by atoms with Crippen LogP contribution in [-0.4, -0.2) is 36.0 Å². The molecule has 1 aromatic carbocycles. The fourth-order valence-electron chi connectivity index (χ4n) is 3.61. The van der Waals surface area contributed by atoms with Crippen molar-refractivity contribution in [2.75, 3.05) is 12.4 Å². The number of methoxy groups -OCH3 is 1. The van der Waals surface area contributed by atoms with Gasteiger partial charge in [0, 0.05) is 30.3 Å². The van der Waals surface area contributed by atoms with E-state index in [9.17, 15) is 18.4 Å². The van der Waals surface area contributed by atoms with Crippen LogP contribution in [0.15, 0.2) is 30.5 Å². The highest BCUT2D eigenvalue weighted by Gasteiger charge is 2.46.